The van der Waals surface area contributed by atoms with Crippen molar-refractivity contribution in [3.8, 4) is 0 Å². The van der Waals surface area contributed by atoms with E-state index in [2.05, 4.69) is 32.5 Å². The molecule has 1 fully saturated rings. The van der Waals surface area contributed by atoms with Crippen molar-refractivity contribution >= 4 is 28.1 Å². The molecule has 1 aromatic carbocycles. The van der Waals surface area contributed by atoms with Crippen LogP contribution in [0.2, 0.25) is 0 Å². The van der Waals surface area contributed by atoms with Gasteiger partial charge in [-0.1, -0.05) is 6.07 Å². The number of piperidine rings is 1. The van der Waals surface area contributed by atoms with Crippen molar-refractivity contribution in [2.75, 3.05) is 43.0 Å². The predicted molar refractivity (Wildman–Crippen MR) is 116 cm³/mol. The average molecular weight is 394 g/mol. The van der Waals surface area contributed by atoms with Gasteiger partial charge in [0, 0.05) is 31.2 Å². The summed E-state index contributed by atoms with van der Waals surface area (Å²) in [5.74, 6) is 1.44. The Hall–Kier alpha value is -2.93. The number of nitrogens with one attached hydrogen (secondary N) is 2. The standard InChI is InChI=1S/C22H27FN6/c1-29-8-5-15(6-9-29)12-27-20-3-2-16(14-28-20)13-26-18-10-17-4-7-25-22(24)21(17)19(23)11-18/h2-4,7,10-11,14-15,26H,5-6,8-9,12-13H2,1H3,(H2,24,25)(H,27,28). The summed E-state index contributed by atoms with van der Waals surface area (Å²) in [6.07, 6.45) is 5.90. The fraction of sp³-hybridized carbons (Fsp3) is 0.364. The van der Waals surface area contributed by atoms with Crippen molar-refractivity contribution in [1.29, 1.82) is 0 Å². The largest absolute Gasteiger partial charge is 0.383 e. The number of hydrogen-bond acceptors (Lipinski definition) is 6. The molecule has 0 bridgehead atoms. The monoisotopic (exact) mass is 394 g/mol. The zero-order valence-electron chi connectivity index (χ0n) is 16.7. The zero-order valence-corrected chi connectivity index (χ0v) is 16.7. The number of nitrogens with two attached hydrogens (primary N) is 1. The number of aromatic nitrogens is 2. The molecule has 1 aliphatic rings. The lowest BCUT2D eigenvalue weighted by Crippen LogP contribution is -2.33. The average Bonchev–Trinajstić information content (AvgIpc) is 2.72. The normalized spacial score (nSPS) is 15.5. The van der Waals surface area contributed by atoms with E-state index >= 15 is 0 Å². The van der Waals surface area contributed by atoms with Gasteiger partial charge in [-0.15, -0.1) is 0 Å². The lowest BCUT2D eigenvalue weighted by molar-refractivity contribution is 0.226. The van der Waals surface area contributed by atoms with E-state index in [0.717, 1.165) is 23.3 Å². The molecule has 2 aromatic heterocycles. The number of halogens is 1. The van der Waals surface area contributed by atoms with Crippen molar-refractivity contribution in [2.24, 2.45) is 5.92 Å². The highest BCUT2D eigenvalue weighted by atomic mass is 19.1. The summed E-state index contributed by atoms with van der Waals surface area (Å²) in [6, 6.07) is 9.12. The number of benzene rings is 1. The Labute approximate surface area is 170 Å². The van der Waals surface area contributed by atoms with Crippen LogP contribution in [-0.4, -0.2) is 41.5 Å². The molecule has 6 nitrogen and oxygen atoms in total. The van der Waals surface area contributed by atoms with Crippen LogP contribution < -0.4 is 16.4 Å². The number of anilines is 3. The molecule has 3 heterocycles. The van der Waals surface area contributed by atoms with Gasteiger partial charge in [-0.2, -0.15) is 0 Å². The van der Waals surface area contributed by atoms with Gasteiger partial charge in [0.25, 0.3) is 0 Å². The number of pyridine rings is 2. The van der Waals surface area contributed by atoms with E-state index in [9.17, 15) is 4.39 Å². The summed E-state index contributed by atoms with van der Waals surface area (Å²) >= 11 is 0. The van der Waals surface area contributed by atoms with Crippen molar-refractivity contribution < 1.29 is 4.39 Å². The van der Waals surface area contributed by atoms with Gasteiger partial charge in [0.15, 0.2) is 0 Å². The molecule has 3 aromatic rings. The van der Waals surface area contributed by atoms with E-state index in [4.69, 9.17) is 5.73 Å². The van der Waals surface area contributed by atoms with Crippen LogP contribution in [0.5, 0.6) is 0 Å². The fourth-order valence-corrected chi connectivity index (χ4v) is 3.75. The maximum absolute atomic E-state index is 14.4. The van der Waals surface area contributed by atoms with Gasteiger partial charge in [-0.3, -0.25) is 0 Å². The SMILES string of the molecule is CN1CCC(CNc2ccc(CNc3cc(F)c4c(N)nccc4c3)cn2)CC1. The second kappa shape index (κ2) is 8.61. The van der Waals surface area contributed by atoms with Gasteiger partial charge in [0.2, 0.25) is 0 Å². The second-order valence-electron chi connectivity index (χ2n) is 7.79. The topological polar surface area (TPSA) is 79.1 Å². The van der Waals surface area contributed by atoms with E-state index in [1.807, 2.05) is 24.4 Å². The van der Waals surface area contributed by atoms with Crippen molar-refractivity contribution in [1.82, 2.24) is 14.9 Å². The molecule has 1 saturated heterocycles. The van der Waals surface area contributed by atoms with E-state index in [0.29, 0.717) is 23.5 Å². The lowest BCUT2D eigenvalue weighted by atomic mass is 9.97. The minimum absolute atomic E-state index is 0.207. The highest BCUT2D eigenvalue weighted by Crippen LogP contribution is 2.26. The smallest absolute Gasteiger partial charge is 0.136 e. The third-order valence-corrected chi connectivity index (χ3v) is 5.58. The van der Waals surface area contributed by atoms with Gasteiger partial charge < -0.3 is 21.3 Å². The first-order chi connectivity index (χ1) is 14.1. The third-order valence-electron chi connectivity index (χ3n) is 5.58. The van der Waals surface area contributed by atoms with E-state index in [1.165, 1.54) is 32.0 Å². The first-order valence-corrected chi connectivity index (χ1v) is 10.0. The molecular weight excluding hydrogens is 367 g/mol. The van der Waals surface area contributed by atoms with Crippen LogP contribution in [0.25, 0.3) is 10.8 Å². The van der Waals surface area contributed by atoms with Gasteiger partial charge in [0.1, 0.15) is 17.5 Å². The van der Waals surface area contributed by atoms with Gasteiger partial charge in [-0.05, 0) is 74.1 Å². The van der Waals surface area contributed by atoms with Crippen molar-refractivity contribution in [3.63, 3.8) is 0 Å². The molecule has 0 saturated carbocycles. The quantitative estimate of drug-likeness (QED) is 0.591. The van der Waals surface area contributed by atoms with E-state index in [1.54, 1.807) is 12.3 Å². The molecule has 29 heavy (non-hydrogen) atoms. The number of likely N-dealkylation sites (tertiary alicyclic amines) is 1. The molecule has 0 atom stereocenters. The van der Waals surface area contributed by atoms with Crippen LogP contribution in [-0.2, 0) is 6.54 Å². The number of nitrogen functional groups attached to an aromatic ring is 1. The Morgan fingerprint density at radius 2 is 1.97 bits per heavy atom. The summed E-state index contributed by atoms with van der Waals surface area (Å²) in [6.45, 7) is 3.87. The summed E-state index contributed by atoms with van der Waals surface area (Å²) < 4.78 is 14.4. The first-order valence-electron chi connectivity index (χ1n) is 10.0. The van der Waals surface area contributed by atoms with Gasteiger partial charge in [0.05, 0.1) is 5.39 Å². The Morgan fingerprint density at radius 3 is 2.72 bits per heavy atom. The minimum atomic E-state index is -0.373. The minimum Gasteiger partial charge on any atom is -0.383 e. The number of nitrogens with zero attached hydrogens (tertiary/aromatic N) is 3. The summed E-state index contributed by atoms with van der Waals surface area (Å²) in [7, 11) is 2.18. The number of hydrogen-bond donors (Lipinski definition) is 3. The number of rotatable bonds is 6. The summed E-state index contributed by atoms with van der Waals surface area (Å²) in [5.41, 5.74) is 7.51. The summed E-state index contributed by atoms with van der Waals surface area (Å²) in [4.78, 5) is 10.8. The maximum atomic E-state index is 14.4. The second-order valence-corrected chi connectivity index (χ2v) is 7.79. The first kappa shape index (κ1) is 19.4. The molecule has 0 aliphatic carbocycles. The highest BCUT2D eigenvalue weighted by molar-refractivity contribution is 5.93. The summed E-state index contributed by atoms with van der Waals surface area (Å²) in [5, 5.41) is 7.79. The molecule has 0 radical (unpaired) electrons. The number of fused-ring (bicyclic) bond motifs is 1. The van der Waals surface area contributed by atoms with Gasteiger partial charge in [-0.25, -0.2) is 14.4 Å². The van der Waals surface area contributed by atoms with E-state index in [-0.39, 0.29) is 11.6 Å². The zero-order chi connectivity index (χ0) is 20.2. The van der Waals surface area contributed by atoms with Crippen LogP contribution in [0.1, 0.15) is 18.4 Å². The molecule has 4 rings (SSSR count). The highest BCUT2D eigenvalue weighted by Gasteiger charge is 2.16. The van der Waals surface area contributed by atoms with Crippen molar-refractivity contribution in [2.45, 2.75) is 19.4 Å². The van der Waals surface area contributed by atoms with E-state index < -0.39 is 0 Å². The van der Waals surface area contributed by atoms with Gasteiger partial charge >= 0.3 is 0 Å². The van der Waals surface area contributed by atoms with Crippen LogP contribution >= 0.6 is 0 Å². The third kappa shape index (κ3) is 4.74. The van der Waals surface area contributed by atoms with Crippen LogP contribution in [0.4, 0.5) is 21.7 Å². The van der Waals surface area contributed by atoms with Crippen LogP contribution in [0, 0.1) is 11.7 Å². The maximum Gasteiger partial charge on any atom is 0.136 e. The molecule has 4 N–H and O–H groups in total. The molecule has 0 amide bonds. The molecule has 0 unspecified atom stereocenters. The van der Waals surface area contributed by atoms with Crippen molar-refractivity contribution in [3.05, 3.63) is 54.1 Å². The Kier molecular flexibility index (Phi) is 5.76. The molecular formula is C22H27FN6. The van der Waals surface area contributed by atoms with Crippen LogP contribution in [0.3, 0.4) is 0 Å². The molecule has 152 valence electrons. The fourth-order valence-electron chi connectivity index (χ4n) is 3.75. The van der Waals surface area contributed by atoms with Crippen LogP contribution in [0.15, 0.2) is 42.7 Å². The Bertz CT molecular complexity index is 967. The molecule has 7 heteroatoms. The molecule has 0 spiro atoms. The predicted octanol–water partition coefficient (Wildman–Crippen LogP) is 3.72. The Morgan fingerprint density at radius 1 is 1.14 bits per heavy atom. The lowest BCUT2D eigenvalue weighted by Gasteiger charge is -2.29. The molecule has 1 aliphatic heterocycles. The Balaban J connectivity index is 1.33.